The van der Waals surface area contributed by atoms with Crippen molar-refractivity contribution in [3.63, 3.8) is 0 Å². The molecule has 0 spiro atoms. The van der Waals surface area contributed by atoms with Crippen molar-refractivity contribution in [1.82, 2.24) is 40.4 Å². The zero-order valence-electron chi connectivity index (χ0n) is 25.1. The molecule has 15 heteroatoms. The monoisotopic (exact) mass is 655 g/mol. The van der Waals surface area contributed by atoms with Crippen molar-refractivity contribution >= 4 is 41.3 Å². The lowest BCUT2D eigenvalue weighted by Crippen LogP contribution is -2.29. The number of halogens is 2. The second-order valence-corrected chi connectivity index (χ2v) is 11.1. The van der Waals surface area contributed by atoms with Crippen LogP contribution < -0.4 is 10.6 Å². The van der Waals surface area contributed by atoms with Crippen LogP contribution in [0.2, 0.25) is 5.02 Å². The van der Waals surface area contributed by atoms with Crippen molar-refractivity contribution in [2.45, 2.75) is 19.0 Å². The minimum atomic E-state index is -0.699. The fourth-order valence-electron chi connectivity index (χ4n) is 5.26. The van der Waals surface area contributed by atoms with E-state index in [0.29, 0.717) is 50.2 Å². The fourth-order valence-corrected chi connectivity index (χ4v) is 5.44. The van der Waals surface area contributed by atoms with Gasteiger partial charge in [-0.1, -0.05) is 23.7 Å². The Morgan fingerprint density at radius 2 is 1.98 bits per heavy atom. The van der Waals surface area contributed by atoms with Gasteiger partial charge in [0.05, 0.1) is 36.3 Å². The summed E-state index contributed by atoms with van der Waals surface area (Å²) in [4.78, 5) is 48.0. The summed E-state index contributed by atoms with van der Waals surface area (Å²) >= 11 is 6.22. The lowest BCUT2D eigenvalue weighted by Gasteiger charge is -2.20. The van der Waals surface area contributed by atoms with Crippen molar-refractivity contribution in [1.29, 1.82) is 0 Å². The number of hydrogen-bond donors (Lipinski definition) is 3. The summed E-state index contributed by atoms with van der Waals surface area (Å²) in [6.45, 7) is 0.0873. The molecule has 0 unspecified atom stereocenters. The number of nitrogens with zero attached hydrogens (tertiary/aromatic N) is 6. The van der Waals surface area contributed by atoms with E-state index < -0.39 is 29.8 Å². The second-order valence-electron chi connectivity index (χ2n) is 10.7. The summed E-state index contributed by atoms with van der Waals surface area (Å²) in [5.41, 5.74) is 4.07. The number of fused-ring (bicyclic) bond motifs is 6. The summed E-state index contributed by atoms with van der Waals surface area (Å²) in [5, 5.41) is 17.3. The molecular formula is C32H27ClFN9O4. The number of aromatic nitrogens is 6. The zero-order chi connectivity index (χ0) is 33.1. The number of carbonyl (C=O) groups is 3. The molecule has 1 atom stereocenters. The molecule has 0 aliphatic carbocycles. The van der Waals surface area contributed by atoms with Gasteiger partial charge < -0.3 is 19.9 Å². The Labute approximate surface area is 272 Å². The molecule has 1 aliphatic heterocycles. The number of hydrogen-bond acceptors (Lipinski definition) is 8. The molecule has 47 heavy (non-hydrogen) atoms. The van der Waals surface area contributed by atoms with Gasteiger partial charge >= 0.3 is 6.09 Å². The smallest absolute Gasteiger partial charge is 0.411 e. The molecule has 3 heterocycles. The number of methoxy groups -OCH3 is 1. The number of anilines is 1. The van der Waals surface area contributed by atoms with Gasteiger partial charge in [-0.05, 0) is 76.5 Å². The Kier molecular flexibility index (Phi) is 8.75. The van der Waals surface area contributed by atoms with Crippen LogP contribution in [-0.4, -0.2) is 67.1 Å². The Hall–Kier alpha value is -5.89. The molecule has 238 valence electrons. The largest absolute Gasteiger partial charge is 0.453 e. The molecule has 5 aromatic rings. The van der Waals surface area contributed by atoms with E-state index in [4.69, 9.17) is 16.3 Å². The first kappa shape index (κ1) is 31.1. The normalized spacial score (nSPS) is 14.5. The molecule has 4 bridgehead atoms. The van der Waals surface area contributed by atoms with Gasteiger partial charge in [-0.15, -0.1) is 5.10 Å². The maximum absolute atomic E-state index is 15.0. The van der Waals surface area contributed by atoms with E-state index in [1.807, 2.05) is 0 Å². The number of H-pyrrole nitrogens is 1. The van der Waals surface area contributed by atoms with E-state index in [-0.39, 0.29) is 18.5 Å². The van der Waals surface area contributed by atoms with Gasteiger partial charge in [0.15, 0.2) is 0 Å². The van der Waals surface area contributed by atoms with Crippen LogP contribution in [-0.2, 0) is 22.5 Å². The van der Waals surface area contributed by atoms with Crippen LogP contribution >= 0.6 is 11.6 Å². The molecular weight excluding hydrogens is 629 g/mol. The van der Waals surface area contributed by atoms with E-state index in [0.717, 1.165) is 0 Å². The number of imidazole rings is 1. The van der Waals surface area contributed by atoms with Gasteiger partial charge in [-0.25, -0.2) is 14.2 Å². The zero-order valence-corrected chi connectivity index (χ0v) is 25.8. The van der Waals surface area contributed by atoms with E-state index in [2.05, 4.69) is 36.1 Å². The highest BCUT2D eigenvalue weighted by molar-refractivity contribution is 6.30. The van der Waals surface area contributed by atoms with Crippen molar-refractivity contribution in [2.75, 3.05) is 19.5 Å². The van der Waals surface area contributed by atoms with Crippen molar-refractivity contribution in [3.8, 4) is 16.9 Å². The first-order valence-electron chi connectivity index (χ1n) is 14.3. The van der Waals surface area contributed by atoms with Gasteiger partial charge in [-0.3, -0.25) is 14.9 Å². The summed E-state index contributed by atoms with van der Waals surface area (Å²) in [7, 11) is 2.82. The first-order valence-corrected chi connectivity index (χ1v) is 14.6. The van der Waals surface area contributed by atoms with E-state index in [1.54, 1.807) is 61.8 Å². The molecule has 6 rings (SSSR count). The third kappa shape index (κ3) is 6.87. The Balaban J connectivity index is 1.37. The number of rotatable bonds is 5. The van der Waals surface area contributed by atoms with Crippen LogP contribution in [0.3, 0.4) is 0 Å². The third-order valence-corrected chi connectivity index (χ3v) is 7.76. The van der Waals surface area contributed by atoms with Crippen molar-refractivity contribution < 1.29 is 23.5 Å². The van der Waals surface area contributed by atoms with E-state index >= 15 is 4.39 Å². The number of ether oxygens (including phenoxy) is 1. The number of aromatic amines is 1. The molecule has 2 aromatic heterocycles. The predicted molar refractivity (Wildman–Crippen MR) is 170 cm³/mol. The quantitative estimate of drug-likeness (QED) is 0.229. The van der Waals surface area contributed by atoms with Crippen molar-refractivity contribution in [3.05, 3.63) is 112 Å². The van der Waals surface area contributed by atoms with Gasteiger partial charge in [0.2, 0.25) is 5.91 Å². The summed E-state index contributed by atoms with van der Waals surface area (Å²) in [5.74, 6) is -1.22. The minimum Gasteiger partial charge on any atom is -0.453 e. The lowest BCUT2D eigenvalue weighted by atomic mass is 10.0. The summed E-state index contributed by atoms with van der Waals surface area (Å²) in [6.07, 6.45) is 5.53. The molecule has 0 saturated heterocycles. The average molecular weight is 656 g/mol. The standard InChI is InChI=1S/C32H27ClFN9O4/c1-42-16-20-14-22(37-32(46)47-2)6-7-23(20)27-15-35-30(39-27)26(12-18-3-8-25(34)24(11-18)31(42)45)38-29(44)10-4-19-13-21(33)5-9-28(19)43-17-36-40-41-43/h3-11,13-15,17,26H,12,16H2,1-2H3,(H,35,39)(H,37,46)(H,38,44)/t26-/m0/s1. The lowest BCUT2D eigenvalue weighted by molar-refractivity contribution is -0.117. The van der Waals surface area contributed by atoms with Gasteiger partial charge in [0, 0.05) is 41.5 Å². The van der Waals surface area contributed by atoms with Crippen LogP contribution in [0.1, 0.15) is 38.9 Å². The molecule has 3 amide bonds. The summed E-state index contributed by atoms with van der Waals surface area (Å²) < 4.78 is 21.2. The highest BCUT2D eigenvalue weighted by atomic mass is 35.5. The SMILES string of the molecule is COC(=O)Nc1ccc2c(c1)CN(C)C(=O)c1cc(ccc1F)C[C@H](NC(=O)C=Cc1cc(Cl)ccc1-n1cnnn1)c1ncc-2[nH]1. The van der Waals surface area contributed by atoms with E-state index in [9.17, 15) is 14.4 Å². The Morgan fingerprint density at radius 3 is 2.77 bits per heavy atom. The molecule has 1 aliphatic rings. The van der Waals surface area contributed by atoms with Crippen molar-refractivity contribution in [2.24, 2.45) is 0 Å². The minimum absolute atomic E-state index is 0.0873. The topological polar surface area (TPSA) is 160 Å². The molecule has 0 radical (unpaired) electrons. The highest BCUT2D eigenvalue weighted by Crippen LogP contribution is 2.30. The van der Waals surface area contributed by atoms with Crippen LogP contribution in [0.25, 0.3) is 23.0 Å². The average Bonchev–Trinajstić information content (AvgIpc) is 3.77. The molecule has 3 N–H and O–H groups in total. The summed E-state index contributed by atoms with van der Waals surface area (Å²) in [6, 6.07) is 13.8. The number of benzene rings is 3. The number of carbonyl (C=O) groups excluding carboxylic acids is 3. The van der Waals surface area contributed by atoms with Gasteiger partial charge in [0.25, 0.3) is 5.91 Å². The van der Waals surface area contributed by atoms with Crippen LogP contribution in [0.15, 0.2) is 73.2 Å². The number of nitrogens with one attached hydrogen (secondary N) is 3. The maximum Gasteiger partial charge on any atom is 0.411 e. The van der Waals surface area contributed by atoms with Crippen LogP contribution in [0.4, 0.5) is 14.9 Å². The van der Waals surface area contributed by atoms with Crippen LogP contribution in [0, 0.1) is 5.82 Å². The third-order valence-electron chi connectivity index (χ3n) is 7.52. The number of tetrazole rings is 1. The number of amides is 3. The fraction of sp³-hybridized carbons (Fsp3) is 0.156. The second kappa shape index (κ2) is 13.2. The molecule has 0 saturated carbocycles. The molecule has 0 fully saturated rings. The highest BCUT2D eigenvalue weighted by Gasteiger charge is 2.24. The molecule has 13 nitrogen and oxygen atoms in total. The Bertz CT molecular complexity index is 2010. The van der Waals surface area contributed by atoms with Crippen LogP contribution in [0.5, 0.6) is 0 Å². The predicted octanol–water partition coefficient (Wildman–Crippen LogP) is 4.72. The van der Waals surface area contributed by atoms with E-state index in [1.165, 1.54) is 41.2 Å². The molecule has 3 aromatic carbocycles. The first-order chi connectivity index (χ1) is 22.7. The van der Waals surface area contributed by atoms with Gasteiger partial charge in [0.1, 0.15) is 18.0 Å². The Morgan fingerprint density at radius 1 is 1.13 bits per heavy atom. The maximum atomic E-state index is 15.0. The van der Waals surface area contributed by atoms with Gasteiger partial charge in [-0.2, -0.15) is 4.68 Å².